The van der Waals surface area contributed by atoms with Crippen LogP contribution in [0.3, 0.4) is 0 Å². The summed E-state index contributed by atoms with van der Waals surface area (Å²) in [7, 11) is 0. The number of halogens is 3. The lowest BCUT2D eigenvalue weighted by molar-refractivity contribution is -0.137. The van der Waals surface area contributed by atoms with Gasteiger partial charge >= 0.3 is 6.18 Å². The van der Waals surface area contributed by atoms with Gasteiger partial charge in [0.1, 0.15) is 5.75 Å². The Kier molecular flexibility index (Phi) is 7.19. The number of unbranched alkanes of at least 4 members (excludes halogenated alkanes) is 1. The maximum absolute atomic E-state index is 12.7. The first kappa shape index (κ1) is 24.4. The highest BCUT2D eigenvalue weighted by molar-refractivity contribution is 5.97. The molecule has 0 bridgehead atoms. The largest absolute Gasteiger partial charge is 0.485 e. The number of benzene rings is 3. The van der Waals surface area contributed by atoms with Gasteiger partial charge in [-0.1, -0.05) is 62.2 Å². The highest BCUT2D eigenvalue weighted by Gasteiger charge is 2.30. The lowest BCUT2D eigenvalue weighted by atomic mass is 10.0. The molecule has 0 N–H and O–H groups in total. The number of fused-ring (bicyclic) bond motifs is 1. The second-order valence-electron chi connectivity index (χ2n) is 8.51. The smallest absolute Gasteiger partial charge is 0.416 e. The Morgan fingerprint density at radius 1 is 1.03 bits per heavy atom. The van der Waals surface area contributed by atoms with Crippen LogP contribution in [-0.4, -0.2) is 22.5 Å². The number of nitrogens with zero attached hydrogens (tertiary/aromatic N) is 2. The van der Waals surface area contributed by atoms with Crippen molar-refractivity contribution < 1.29 is 27.2 Å². The van der Waals surface area contributed by atoms with Crippen LogP contribution in [-0.2, 0) is 6.18 Å². The van der Waals surface area contributed by atoms with E-state index in [0.29, 0.717) is 17.5 Å². The SMILES string of the molecule is CCCCC(C)c1nc(-c2ccc3cc(OCC(=O)c4ccc(C(F)(F)F)cc4)ccc3c2)no1. The number of carbonyl (C=O) groups is 1. The predicted octanol–water partition coefficient (Wildman–Crippen LogP) is 7.46. The van der Waals surface area contributed by atoms with Crippen LogP contribution in [0.15, 0.2) is 65.2 Å². The third-order valence-corrected chi connectivity index (χ3v) is 5.83. The Bertz CT molecular complexity index is 1310. The van der Waals surface area contributed by atoms with Crippen molar-refractivity contribution in [2.24, 2.45) is 0 Å². The molecule has 35 heavy (non-hydrogen) atoms. The standard InChI is InChI=1S/C27H25F3N2O3/c1-3-4-5-17(2)26-31-25(32-35-26)21-7-6-20-15-23(13-10-19(20)14-21)34-16-24(33)18-8-11-22(12-9-18)27(28,29)30/h6-15,17H,3-5,16H2,1-2H3. The van der Waals surface area contributed by atoms with Gasteiger partial charge in [-0.15, -0.1) is 0 Å². The minimum atomic E-state index is -4.44. The molecule has 4 aromatic rings. The zero-order valence-electron chi connectivity index (χ0n) is 19.4. The van der Waals surface area contributed by atoms with E-state index in [9.17, 15) is 18.0 Å². The maximum atomic E-state index is 12.7. The van der Waals surface area contributed by atoms with E-state index >= 15 is 0 Å². The molecular weight excluding hydrogens is 457 g/mol. The van der Waals surface area contributed by atoms with Gasteiger partial charge in [0.15, 0.2) is 12.4 Å². The molecule has 1 unspecified atom stereocenters. The van der Waals surface area contributed by atoms with Gasteiger partial charge in [-0.25, -0.2) is 0 Å². The molecule has 0 fully saturated rings. The van der Waals surface area contributed by atoms with Crippen LogP contribution in [0.2, 0.25) is 0 Å². The fourth-order valence-electron chi connectivity index (χ4n) is 3.72. The second-order valence-corrected chi connectivity index (χ2v) is 8.51. The summed E-state index contributed by atoms with van der Waals surface area (Å²) in [5, 5.41) is 5.96. The van der Waals surface area contributed by atoms with Crippen molar-refractivity contribution in [2.75, 3.05) is 6.61 Å². The van der Waals surface area contributed by atoms with Crippen LogP contribution < -0.4 is 4.74 Å². The quantitative estimate of drug-likeness (QED) is 0.232. The van der Waals surface area contributed by atoms with Gasteiger partial charge in [0.2, 0.25) is 11.7 Å². The van der Waals surface area contributed by atoms with E-state index in [1.807, 2.05) is 24.3 Å². The van der Waals surface area contributed by atoms with Crippen molar-refractivity contribution in [3.63, 3.8) is 0 Å². The van der Waals surface area contributed by atoms with E-state index in [4.69, 9.17) is 9.26 Å². The molecule has 0 spiro atoms. The number of alkyl halides is 3. The summed E-state index contributed by atoms with van der Waals surface area (Å²) >= 11 is 0. The van der Waals surface area contributed by atoms with Crippen molar-refractivity contribution in [1.82, 2.24) is 10.1 Å². The Morgan fingerprint density at radius 2 is 1.74 bits per heavy atom. The van der Waals surface area contributed by atoms with Gasteiger partial charge in [0.05, 0.1) is 5.56 Å². The number of ketones is 1. The first-order valence-corrected chi connectivity index (χ1v) is 11.5. The zero-order chi connectivity index (χ0) is 25.0. The Hall–Kier alpha value is -3.68. The maximum Gasteiger partial charge on any atom is 0.416 e. The van der Waals surface area contributed by atoms with Crippen LogP contribution in [0.5, 0.6) is 5.75 Å². The van der Waals surface area contributed by atoms with Crippen LogP contribution in [0.25, 0.3) is 22.2 Å². The lowest BCUT2D eigenvalue weighted by Crippen LogP contribution is -2.12. The molecule has 1 aromatic heterocycles. The normalized spacial score (nSPS) is 12.6. The van der Waals surface area contributed by atoms with Gasteiger partial charge in [0.25, 0.3) is 0 Å². The van der Waals surface area contributed by atoms with Gasteiger partial charge in [0, 0.05) is 17.0 Å². The summed E-state index contributed by atoms with van der Waals surface area (Å²) in [4.78, 5) is 16.9. The number of aromatic nitrogens is 2. The van der Waals surface area contributed by atoms with Gasteiger partial charge < -0.3 is 9.26 Å². The molecule has 5 nitrogen and oxygen atoms in total. The number of Topliss-reactive ketones (excluding diaryl/α,β-unsaturated/α-hetero) is 1. The number of rotatable bonds is 9. The fourth-order valence-corrected chi connectivity index (χ4v) is 3.72. The highest BCUT2D eigenvalue weighted by Crippen LogP contribution is 2.30. The Balaban J connectivity index is 1.42. The molecule has 4 rings (SSSR count). The first-order chi connectivity index (χ1) is 16.7. The molecule has 0 aliphatic rings. The van der Waals surface area contributed by atoms with Crippen molar-refractivity contribution >= 4 is 16.6 Å². The number of carbonyl (C=O) groups excluding carboxylic acids is 1. The minimum Gasteiger partial charge on any atom is -0.485 e. The average Bonchev–Trinajstić information content (AvgIpc) is 3.35. The number of hydrogen-bond donors (Lipinski definition) is 0. The monoisotopic (exact) mass is 482 g/mol. The van der Waals surface area contributed by atoms with Crippen LogP contribution in [0.4, 0.5) is 13.2 Å². The predicted molar refractivity (Wildman–Crippen MR) is 126 cm³/mol. The molecule has 0 aliphatic heterocycles. The summed E-state index contributed by atoms with van der Waals surface area (Å²) < 4.78 is 49.1. The average molecular weight is 483 g/mol. The molecule has 1 heterocycles. The molecule has 8 heteroatoms. The number of ether oxygens (including phenoxy) is 1. The van der Waals surface area contributed by atoms with Crippen molar-refractivity contribution in [3.8, 4) is 17.1 Å². The summed E-state index contributed by atoms with van der Waals surface area (Å²) in [5.41, 5.74) is 0.195. The van der Waals surface area contributed by atoms with Crippen molar-refractivity contribution in [1.29, 1.82) is 0 Å². The third-order valence-electron chi connectivity index (χ3n) is 5.83. The summed E-state index contributed by atoms with van der Waals surface area (Å²) in [6, 6.07) is 15.2. The fraction of sp³-hybridized carbons (Fsp3) is 0.296. The van der Waals surface area contributed by atoms with E-state index < -0.39 is 17.5 Å². The topological polar surface area (TPSA) is 65.2 Å². The molecule has 0 aliphatic carbocycles. The molecular formula is C27H25F3N2O3. The number of hydrogen-bond acceptors (Lipinski definition) is 5. The Morgan fingerprint density at radius 3 is 2.46 bits per heavy atom. The molecule has 1 atom stereocenters. The van der Waals surface area contributed by atoms with Gasteiger partial charge in [-0.3, -0.25) is 4.79 Å². The summed E-state index contributed by atoms with van der Waals surface area (Å²) in [5.74, 6) is 1.46. The van der Waals surface area contributed by atoms with E-state index in [2.05, 4.69) is 24.0 Å². The lowest BCUT2D eigenvalue weighted by Gasteiger charge is -2.09. The highest BCUT2D eigenvalue weighted by atomic mass is 19.4. The van der Waals surface area contributed by atoms with Crippen molar-refractivity contribution in [2.45, 2.75) is 45.2 Å². The van der Waals surface area contributed by atoms with Gasteiger partial charge in [-0.2, -0.15) is 18.2 Å². The molecule has 3 aromatic carbocycles. The molecule has 0 saturated carbocycles. The minimum absolute atomic E-state index is 0.159. The summed E-state index contributed by atoms with van der Waals surface area (Å²) in [6.45, 7) is 3.95. The molecule has 182 valence electrons. The zero-order valence-corrected chi connectivity index (χ0v) is 19.4. The van der Waals surface area contributed by atoms with E-state index in [1.54, 1.807) is 12.1 Å². The molecule has 0 amide bonds. The van der Waals surface area contributed by atoms with Gasteiger partial charge in [-0.05, 0) is 47.5 Å². The van der Waals surface area contributed by atoms with Crippen molar-refractivity contribution in [3.05, 3.63) is 77.7 Å². The molecule has 0 radical (unpaired) electrons. The second kappa shape index (κ2) is 10.3. The first-order valence-electron chi connectivity index (χ1n) is 11.5. The van der Waals surface area contributed by atoms with Crippen LogP contribution in [0, 0.1) is 0 Å². The van der Waals surface area contributed by atoms with E-state index in [0.717, 1.165) is 59.9 Å². The summed E-state index contributed by atoms with van der Waals surface area (Å²) in [6.07, 6.45) is -1.22. The Labute approximate surface area is 200 Å². The van der Waals surface area contributed by atoms with E-state index in [1.165, 1.54) is 0 Å². The third kappa shape index (κ3) is 5.88. The van der Waals surface area contributed by atoms with Crippen LogP contribution in [0.1, 0.15) is 60.8 Å². The van der Waals surface area contributed by atoms with Crippen LogP contribution >= 0.6 is 0 Å². The van der Waals surface area contributed by atoms with E-state index in [-0.39, 0.29) is 18.1 Å². The molecule has 0 saturated heterocycles.